The predicted octanol–water partition coefficient (Wildman–Crippen LogP) is 3.91. The first-order chi connectivity index (χ1) is 17.6. The number of fused-ring (bicyclic) bond motifs is 2. The first-order valence-corrected chi connectivity index (χ1v) is 11.5. The van der Waals surface area contributed by atoms with E-state index in [2.05, 4.69) is 35.0 Å². The second-order valence-electron chi connectivity index (χ2n) is 8.90. The van der Waals surface area contributed by atoms with Crippen LogP contribution >= 0.6 is 0 Å². The molecule has 6 heterocycles. The summed E-state index contributed by atoms with van der Waals surface area (Å²) in [6.45, 7) is 1.54. The Morgan fingerprint density at radius 3 is 2.72 bits per heavy atom. The SMILES string of the molecule is NC1CN(c2cncc(-c3cnc4[nH]nc(-c5cc6c(-c7ccccc7F)nccc6[nH]5)c4c3)n2)C1. The van der Waals surface area contributed by atoms with Crippen molar-refractivity contribution < 1.29 is 4.39 Å². The molecule has 4 N–H and O–H groups in total. The minimum absolute atomic E-state index is 0.173. The van der Waals surface area contributed by atoms with Crippen LogP contribution in [0.25, 0.3) is 55.8 Å². The Labute approximate surface area is 204 Å². The van der Waals surface area contributed by atoms with Crippen molar-refractivity contribution in [1.29, 1.82) is 0 Å². The van der Waals surface area contributed by atoms with Crippen molar-refractivity contribution in [3.05, 3.63) is 73.1 Å². The number of pyridine rings is 2. The molecule has 36 heavy (non-hydrogen) atoms. The van der Waals surface area contributed by atoms with Gasteiger partial charge in [0.05, 0.1) is 29.5 Å². The third-order valence-electron chi connectivity index (χ3n) is 6.50. The van der Waals surface area contributed by atoms with Crippen molar-refractivity contribution in [2.24, 2.45) is 5.73 Å². The highest BCUT2D eigenvalue weighted by Gasteiger charge is 2.25. The molecule has 1 saturated heterocycles. The number of H-pyrrole nitrogens is 2. The summed E-state index contributed by atoms with van der Waals surface area (Å²) in [6.07, 6.45) is 6.89. The number of anilines is 1. The van der Waals surface area contributed by atoms with Gasteiger partial charge in [-0.1, -0.05) is 12.1 Å². The maximum Gasteiger partial charge on any atom is 0.155 e. The Morgan fingerprint density at radius 1 is 0.972 bits per heavy atom. The third kappa shape index (κ3) is 3.30. The number of nitrogens with two attached hydrogens (primary N) is 1. The van der Waals surface area contributed by atoms with Crippen LogP contribution in [-0.4, -0.2) is 54.2 Å². The van der Waals surface area contributed by atoms with Crippen LogP contribution in [0, 0.1) is 5.82 Å². The van der Waals surface area contributed by atoms with E-state index >= 15 is 0 Å². The van der Waals surface area contributed by atoms with Crippen LogP contribution in [0.2, 0.25) is 0 Å². The zero-order valence-corrected chi connectivity index (χ0v) is 19.0. The Morgan fingerprint density at radius 2 is 1.86 bits per heavy atom. The summed E-state index contributed by atoms with van der Waals surface area (Å²) in [5.74, 6) is 0.480. The van der Waals surface area contributed by atoms with E-state index < -0.39 is 0 Å². The van der Waals surface area contributed by atoms with Gasteiger partial charge in [0.1, 0.15) is 17.3 Å². The molecule has 0 aliphatic carbocycles. The molecule has 0 spiro atoms. The van der Waals surface area contributed by atoms with E-state index in [1.807, 2.05) is 18.2 Å². The average molecular weight is 478 g/mol. The van der Waals surface area contributed by atoms with Crippen LogP contribution < -0.4 is 10.6 Å². The lowest BCUT2D eigenvalue weighted by Crippen LogP contribution is -2.56. The summed E-state index contributed by atoms with van der Waals surface area (Å²) < 4.78 is 14.5. The number of nitrogens with zero attached hydrogens (tertiary/aromatic N) is 6. The Balaban J connectivity index is 1.32. The van der Waals surface area contributed by atoms with Crippen molar-refractivity contribution in [3.63, 3.8) is 0 Å². The van der Waals surface area contributed by atoms with Crippen LogP contribution in [0.1, 0.15) is 0 Å². The molecule has 6 aromatic rings. The second kappa shape index (κ2) is 7.92. The highest BCUT2D eigenvalue weighted by molar-refractivity contribution is 6.00. The van der Waals surface area contributed by atoms with Crippen LogP contribution in [0.4, 0.5) is 10.2 Å². The van der Waals surface area contributed by atoms with Gasteiger partial charge in [0, 0.05) is 58.9 Å². The van der Waals surface area contributed by atoms with E-state index in [1.54, 1.807) is 43.0 Å². The molecular weight excluding hydrogens is 457 g/mol. The van der Waals surface area contributed by atoms with Crippen molar-refractivity contribution in [1.82, 2.24) is 35.1 Å². The summed E-state index contributed by atoms with van der Waals surface area (Å²) in [5.41, 5.74) is 11.5. The van der Waals surface area contributed by atoms with Crippen molar-refractivity contribution in [2.75, 3.05) is 18.0 Å². The molecule has 0 saturated carbocycles. The van der Waals surface area contributed by atoms with Gasteiger partial charge >= 0.3 is 0 Å². The summed E-state index contributed by atoms with van der Waals surface area (Å²) in [4.78, 5) is 23.7. The third-order valence-corrected chi connectivity index (χ3v) is 6.50. The fourth-order valence-electron chi connectivity index (χ4n) is 4.64. The van der Waals surface area contributed by atoms with Crippen molar-refractivity contribution in [3.8, 4) is 33.9 Å². The number of aromatic nitrogens is 7. The number of halogens is 1. The standard InChI is InChI=1S/C26H20FN9/c27-19-4-2-1-3-16(19)24-17-8-21(32-20(17)5-6-30-24)25-18-7-14(9-31-26(18)35-34-25)22-10-29-11-23(33-22)36-12-15(28)13-36/h1-11,15,32H,12-13,28H2,(H,31,34,35). The van der Waals surface area contributed by atoms with E-state index in [1.165, 1.54) is 6.07 Å². The summed E-state index contributed by atoms with van der Waals surface area (Å²) >= 11 is 0. The van der Waals surface area contributed by atoms with Crippen molar-refractivity contribution in [2.45, 2.75) is 6.04 Å². The zero-order valence-electron chi connectivity index (χ0n) is 19.0. The molecule has 0 unspecified atom stereocenters. The Kier molecular flexibility index (Phi) is 4.55. The van der Waals surface area contributed by atoms with Crippen molar-refractivity contribution >= 4 is 27.8 Å². The molecule has 0 radical (unpaired) electrons. The lowest BCUT2D eigenvalue weighted by molar-refractivity contribution is 0.514. The fraction of sp³-hybridized carbons (Fsp3) is 0.115. The van der Waals surface area contributed by atoms with Gasteiger partial charge in [-0.15, -0.1) is 0 Å². The number of aromatic amines is 2. The molecule has 7 rings (SSSR count). The molecule has 0 atom stereocenters. The topological polar surface area (TPSA) is 125 Å². The molecule has 176 valence electrons. The van der Waals surface area contributed by atoms with Gasteiger partial charge in [-0.05, 0) is 30.3 Å². The van der Waals surface area contributed by atoms with E-state index in [0.29, 0.717) is 22.6 Å². The van der Waals surface area contributed by atoms with Crippen LogP contribution in [0.15, 0.2) is 67.3 Å². The van der Waals surface area contributed by atoms with Crippen LogP contribution in [0.3, 0.4) is 0 Å². The average Bonchev–Trinajstić information content (AvgIpc) is 3.51. The fourth-order valence-corrected chi connectivity index (χ4v) is 4.64. The van der Waals surface area contributed by atoms with Crippen LogP contribution in [0.5, 0.6) is 0 Å². The van der Waals surface area contributed by atoms with Gasteiger partial charge in [0.15, 0.2) is 5.65 Å². The van der Waals surface area contributed by atoms with Crippen LogP contribution in [-0.2, 0) is 0 Å². The molecule has 5 aromatic heterocycles. The van der Waals surface area contributed by atoms with Gasteiger partial charge in [-0.3, -0.25) is 15.1 Å². The van der Waals surface area contributed by atoms with Gasteiger partial charge in [0.25, 0.3) is 0 Å². The molecular formula is C26H20FN9. The van der Waals surface area contributed by atoms with Gasteiger partial charge in [-0.2, -0.15) is 5.10 Å². The number of hydrogen-bond acceptors (Lipinski definition) is 7. The molecule has 1 aromatic carbocycles. The Bertz CT molecular complexity index is 1750. The summed E-state index contributed by atoms with van der Waals surface area (Å²) in [6, 6.07) is 12.6. The van der Waals surface area contributed by atoms with E-state index in [-0.39, 0.29) is 11.9 Å². The van der Waals surface area contributed by atoms with Gasteiger partial charge < -0.3 is 15.6 Å². The maximum atomic E-state index is 14.5. The number of rotatable bonds is 4. The lowest BCUT2D eigenvalue weighted by Gasteiger charge is -2.37. The number of benzene rings is 1. The molecule has 1 aliphatic rings. The van der Waals surface area contributed by atoms with E-state index in [4.69, 9.17) is 10.7 Å². The van der Waals surface area contributed by atoms with Gasteiger partial charge in [0.2, 0.25) is 0 Å². The van der Waals surface area contributed by atoms with E-state index in [0.717, 1.165) is 52.1 Å². The molecule has 1 aliphatic heterocycles. The number of hydrogen-bond donors (Lipinski definition) is 3. The quantitative estimate of drug-likeness (QED) is 0.351. The highest BCUT2D eigenvalue weighted by atomic mass is 19.1. The maximum absolute atomic E-state index is 14.5. The molecule has 9 nitrogen and oxygen atoms in total. The second-order valence-corrected chi connectivity index (χ2v) is 8.90. The summed E-state index contributed by atoms with van der Waals surface area (Å²) in [5, 5.41) is 9.16. The first kappa shape index (κ1) is 20.7. The molecule has 10 heteroatoms. The smallest absolute Gasteiger partial charge is 0.155 e. The summed E-state index contributed by atoms with van der Waals surface area (Å²) in [7, 11) is 0. The van der Waals surface area contributed by atoms with E-state index in [9.17, 15) is 4.39 Å². The normalized spacial score (nSPS) is 14.0. The predicted molar refractivity (Wildman–Crippen MR) is 136 cm³/mol. The molecule has 1 fully saturated rings. The minimum Gasteiger partial charge on any atom is -0.353 e. The molecule has 0 bridgehead atoms. The highest BCUT2D eigenvalue weighted by Crippen LogP contribution is 2.34. The number of nitrogens with one attached hydrogen (secondary N) is 2. The van der Waals surface area contributed by atoms with Gasteiger partial charge in [-0.25, -0.2) is 14.4 Å². The zero-order chi connectivity index (χ0) is 24.2. The first-order valence-electron chi connectivity index (χ1n) is 11.5. The molecule has 0 amide bonds. The minimum atomic E-state index is -0.317. The monoisotopic (exact) mass is 477 g/mol. The Hall–Kier alpha value is -4.70. The lowest BCUT2D eigenvalue weighted by atomic mass is 10.1. The largest absolute Gasteiger partial charge is 0.353 e.